The van der Waals surface area contributed by atoms with Crippen molar-refractivity contribution in [3.05, 3.63) is 47.2 Å². The van der Waals surface area contributed by atoms with Crippen molar-refractivity contribution in [2.75, 3.05) is 5.73 Å². The molecule has 4 nitrogen and oxygen atoms in total. The molecule has 0 aliphatic carbocycles. The predicted molar refractivity (Wildman–Crippen MR) is 66.7 cm³/mol. The lowest BCUT2D eigenvalue weighted by atomic mass is 10.2. The van der Waals surface area contributed by atoms with Gasteiger partial charge in [0.2, 0.25) is 11.8 Å². The Hall–Kier alpha value is -2.10. The monoisotopic (exact) mass is 229 g/mol. The highest BCUT2D eigenvalue weighted by Crippen LogP contribution is 2.19. The fourth-order valence-corrected chi connectivity index (χ4v) is 1.49. The minimum absolute atomic E-state index is 0.246. The maximum absolute atomic E-state index is 5.65. The number of hydrogen-bond acceptors (Lipinski definition) is 4. The van der Waals surface area contributed by atoms with Gasteiger partial charge in [-0.3, -0.25) is 0 Å². The third-order valence-corrected chi connectivity index (χ3v) is 2.58. The van der Waals surface area contributed by atoms with Crippen LogP contribution in [0.15, 0.2) is 30.3 Å². The van der Waals surface area contributed by atoms with E-state index in [0.717, 1.165) is 16.8 Å². The van der Waals surface area contributed by atoms with Gasteiger partial charge in [-0.25, -0.2) is 4.98 Å². The lowest BCUT2D eigenvalue weighted by Gasteiger charge is -2.10. The van der Waals surface area contributed by atoms with Gasteiger partial charge in [-0.05, 0) is 19.4 Å². The van der Waals surface area contributed by atoms with Gasteiger partial charge in [0.25, 0.3) is 0 Å². The van der Waals surface area contributed by atoms with Crippen molar-refractivity contribution in [3.8, 4) is 5.88 Å². The second-order valence-electron chi connectivity index (χ2n) is 3.87. The lowest BCUT2D eigenvalue weighted by molar-refractivity contribution is 0.291. The first-order valence-electron chi connectivity index (χ1n) is 5.44. The Morgan fingerprint density at radius 3 is 2.53 bits per heavy atom. The average molecular weight is 229 g/mol. The molecule has 0 unspecified atom stereocenters. The van der Waals surface area contributed by atoms with Crippen molar-refractivity contribution in [3.63, 3.8) is 0 Å². The summed E-state index contributed by atoms with van der Waals surface area (Å²) in [5.41, 5.74) is 8.47. The largest absolute Gasteiger partial charge is 0.472 e. The Labute approximate surface area is 100 Å². The van der Waals surface area contributed by atoms with Gasteiger partial charge >= 0.3 is 0 Å². The number of benzene rings is 1. The van der Waals surface area contributed by atoms with Crippen LogP contribution in [0.3, 0.4) is 0 Å². The molecule has 2 N–H and O–H groups in total. The van der Waals surface area contributed by atoms with Crippen molar-refractivity contribution < 1.29 is 4.74 Å². The highest BCUT2D eigenvalue weighted by molar-refractivity contribution is 5.34. The van der Waals surface area contributed by atoms with E-state index in [-0.39, 0.29) is 5.95 Å². The van der Waals surface area contributed by atoms with Crippen LogP contribution < -0.4 is 10.5 Å². The predicted octanol–water partition coefficient (Wildman–Crippen LogP) is 2.25. The molecule has 4 heteroatoms. The topological polar surface area (TPSA) is 61.0 Å². The van der Waals surface area contributed by atoms with Crippen LogP contribution in [0.25, 0.3) is 0 Å². The molecule has 0 saturated heterocycles. The molecule has 0 bridgehead atoms. The first-order chi connectivity index (χ1) is 8.16. The summed E-state index contributed by atoms with van der Waals surface area (Å²) >= 11 is 0. The number of ether oxygens (including phenoxy) is 1. The summed E-state index contributed by atoms with van der Waals surface area (Å²) in [7, 11) is 0. The van der Waals surface area contributed by atoms with Crippen LogP contribution in [-0.2, 0) is 6.61 Å². The van der Waals surface area contributed by atoms with Crippen LogP contribution in [0.2, 0.25) is 0 Å². The zero-order chi connectivity index (χ0) is 12.3. The van der Waals surface area contributed by atoms with Gasteiger partial charge in [0.1, 0.15) is 6.61 Å². The number of anilines is 1. The molecule has 1 heterocycles. The molecule has 2 rings (SSSR count). The average Bonchev–Trinajstić information content (AvgIpc) is 2.33. The van der Waals surface area contributed by atoms with Crippen LogP contribution in [0.4, 0.5) is 5.95 Å². The number of nitrogens with zero attached hydrogens (tertiary/aromatic N) is 2. The molecule has 0 fully saturated rings. The van der Waals surface area contributed by atoms with Crippen LogP contribution in [0.1, 0.15) is 16.8 Å². The van der Waals surface area contributed by atoms with Crippen molar-refractivity contribution >= 4 is 5.95 Å². The summed E-state index contributed by atoms with van der Waals surface area (Å²) in [5.74, 6) is 0.801. The van der Waals surface area contributed by atoms with Gasteiger partial charge < -0.3 is 10.5 Å². The van der Waals surface area contributed by atoms with E-state index in [0.29, 0.717) is 12.5 Å². The molecule has 1 aromatic heterocycles. The van der Waals surface area contributed by atoms with Gasteiger partial charge in [0.05, 0.1) is 0 Å². The molecule has 0 aliphatic rings. The number of nitrogens with two attached hydrogens (primary N) is 1. The number of aromatic nitrogens is 2. The Morgan fingerprint density at radius 1 is 1.12 bits per heavy atom. The quantitative estimate of drug-likeness (QED) is 0.876. The first-order valence-corrected chi connectivity index (χ1v) is 5.44. The Kier molecular flexibility index (Phi) is 3.23. The van der Waals surface area contributed by atoms with Gasteiger partial charge in [0, 0.05) is 11.3 Å². The molecule has 88 valence electrons. The SMILES string of the molecule is Cc1nc(N)nc(OCc2ccccc2)c1C. The zero-order valence-corrected chi connectivity index (χ0v) is 9.97. The van der Waals surface area contributed by atoms with E-state index in [1.807, 2.05) is 44.2 Å². The fraction of sp³-hybridized carbons (Fsp3) is 0.231. The van der Waals surface area contributed by atoms with Crippen LogP contribution >= 0.6 is 0 Å². The molecule has 0 atom stereocenters. The molecule has 0 amide bonds. The molecule has 2 aromatic rings. The number of rotatable bonds is 3. The molecule has 0 aliphatic heterocycles. The standard InChI is InChI=1S/C13H15N3O/c1-9-10(2)15-13(14)16-12(9)17-8-11-6-4-3-5-7-11/h3-7H,8H2,1-2H3,(H2,14,15,16). The van der Waals surface area contributed by atoms with Gasteiger partial charge in [-0.1, -0.05) is 30.3 Å². The third kappa shape index (κ3) is 2.72. The second kappa shape index (κ2) is 4.82. The third-order valence-electron chi connectivity index (χ3n) is 2.58. The number of aryl methyl sites for hydroxylation is 1. The summed E-state index contributed by atoms with van der Waals surface area (Å²) in [4.78, 5) is 8.17. The minimum atomic E-state index is 0.246. The highest BCUT2D eigenvalue weighted by Gasteiger charge is 2.07. The van der Waals surface area contributed by atoms with Crippen LogP contribution in [0, 0.1) is 13.8 Å². The zero-order valence-electron chi connectivity index (χ0n) is 9.97. The molecule has 0 radical (unpaired) electrons. The molecule has 17 heavy (non-hydrogen) atoms. The maximum atomic E-state index is 5.65. The normalized spacial score (nSPS) is 10.2. The van der Waals surface area contributed by atoms with E-state index in [2.05, 4.69) is 9.97 Å². The van der Waals surface area contributed by atoms with E-state index in [9.17, 15) is 0 Å². The maximum Gasteiger partial charge on any atom is 0.223 e. The van der Waals surface area contributed by atoms with Crippen molar-refractivity contribution in [2.24, 2.45) is 0 Å². The molecule has 1 aromatic carbocycles. The van der Waals surface area contributed by atoms with Gasteiger partial charge in [0.15, 0.2) is 0 Å². The summed E-state index contributed by atoms with van der Waals surface area (Å²) in [6, 6.07) is 9.94. The lowest BCUT2D eigenvalue weighted by Crippen LogP contribution is -2.05. The van der Waals surface area contributed by atoms with Crippen molar-refractivity contribution in [1.29, 1.82) is 0 Å². The van der Waals surface area contributed by atoms with Crippen molar-refractivity contribution in [1.82, 2.24) is 9.97 Å². The number of hydrogen-bond donors (Lipinski definition) is 1. The van der Waals surface area contributed by atoms with Crippen LogP contribution in [-0.4, -0.2) is 9.97 Å². The van der Waals surface area contributed by atoms with Gasteiger partial charge in [-0.15, -0.1) is 0 Å². The minimum Gasteiger partial charge on any atom is -0.472 e. The van der Waals surface area contributed by atoms with E-state index >= 15 is 0 Å². The van der Waals surface area contributed by atoms with Crippen LogP contribution in [0.5, 0.6) is 5.88 Å². The summed E-state index contributed by atoms with van der Waals surface area (Å²) in [5, 5.41) is 0. The Balaban J connectivity index is 2.14. The van der Waals surface area contributed by atoms with E-state index in [1.165, 1.54) is 0 Å². The molecule has 0 saturated carbocycles. The first kappa shape index (κ1) is 11.4. The van der Waals surface area contributed by atoms with Crippen molar-refractivity contribution in [2.45, 2.75) is 20.5 Å². The number of nitrogen functional groups attached to an aromatic ring is 1. The molecule has 0 spiro atoms. The molecular formula is C13H15N3O. The van der Waals surface area contributed by atoms with E-state index in [4.69, 9.17) is 10.5 Å². The Bertz CT molecular complexity index is 512. The second-order valence-corrected chi connectivity index (χ2v) is 3.87. The van der Waals surface area contributed by atoms with E-state index < -0.39 is 0 Å². The summed E-state index contributed by atoms with van der Waals surface area (Å²) in [6.45, 7) is 4.30. The smallest absolute Gasteiger partial charge is 0.223 e. The summed E-state index contributed by atoms with van der Waals surface area (Å²) < 4.78 is 5.65. The van der Waals surface area contributed by atoms with Gasteiger partial charge in [-0.2, -0.15) is 4.98 Å². The Morgan fingerprint density at radius 2 is 1.82 bits per heavy atom. The summed E-state index contributed by atoms with van der Waals surface area (Å²) in [6.07, 6.45) is 0. The fourth-order valence-electron chi connectivity index (χ4n) is 1.49. The van der Waals surface area contributed by atoms with E-state index in [1.54, 1.807) is 0 Å². The molecular weight excluding hydrogens is 214 g/mol. The highest BCUT2D eigenvalue weighted by atomic mass is 16.5.